The van der Waals surface area contributed by atoms with Crippen molar-refractivity contribution in [2.45, 2.75) is 57.7 Å². The Morgan fingerprint density at radius 2 is 1.87 bits per heavy atom. The number of piperazine rings is 1. The number of carbonyl (C=O) groups is 2. The third-order valence-corrected chi connectivity index (χ3v) is 11.3. The van der Waals surface area contributed by atoms with E-state index in [-0.39, 0.29) is 35.8 Å². The molecule has 13 nitrogen and oxygen atoms in total. The second-order valence-corrected chi connectivity index (χ2v) is 14.6. The summed E-state index contributed by atoms with van der Waals surface area (Å²) in [6.07, 6.45) is 9.52. The monoisotopic (exact) mass is 730 g/mol. The number of fused-ring (bicyclic) bond motifs is 3. The summed E-state index contributed by atoms with van der Waals surface area (Å²) in [6.45, 7) is 9.94. The summed E-state index contributed by atoms with van der Waals surface area (Å²) in [7, 11) is 1.64. The number of anilines is 5. The lowest BCUT2D eigenvalue weighted by Gasteiger charge is -2.46. The van der Waals surface area contributed by atoms with Gasteiger partial charge >= 0.3 is 0 Å². The van der Waals surface area contributed by atoms with Gasteiger partial charge in [-0.1, -0.05) is 12.6 Å². The maximum Gasteiger partial charge on any atom is 0.293 e. The highest BCUT2D eigenvalue weighted by Gasteiger charge is 2.34. The minimum Gasteiger partial charge on any atom is -0.392 e. The molecule has 1 aliphatic carbocycles. The van der Waals surface area contributed by atoms with E-state index in [1.54, 1.807) is 36.5 Å². The number of amides is 2. The first-order valence-corrected chi connectivity index (χ1v) is 18.8. The summed E-state index contributed by atoms with van der Waals surface area (Å²) in [5, 5.41) is 16.9. The van der Waals surface area contributed by atoms with Gasteiger partial charge in [0.1, 0.15) is 5.82 Å². The number of ether oxygens (including phenoxy) is 1. The smallest absolute Gasteiger partial charge is 0.293 e. The first-order valence-electron chi connectivity index (χ1n) is 18.8. The number of aryl methyl sites for hydroxylation is 2. The molecule has 2 aromatic carbocycles. The van der Waals surface area contributed by atoms with Crippen LogP contribution in [0.4, 0.5) is 28.7 Å². The lowest BCUT2D eigenvalue weighted by atomic mass is 9.83. The Hall–Kier alpha value is -5.37. The Kier molecular flexibility index (Phi) is 9.78. The van der Waals surface area contributed by atoms with Gasteiger partial charge in [0.05, 0.1) is 42.9 Å². The lowest BCUT2D eigenvalue weighted by molar-refractivity contribution is -0.111. The maximum atomic E-state index is 14.0. The molecule has 0 saturated carbocycles. The van der Waals surface area contributed by atoms with Crippen molar-refractivity contribution in [1.29, 1.82) is 0 Å². The largest absolute Gasteiger partial charge is 0.392 e. The number of aliphatic hydroxyl groups excluding tert-OH is 1. The van der Waals surface area contributed by atoms with Crippen LogP contribution in [-0.2, 0) is 42.4 Å². The van der Waals surface area contributed by atoms with E-state index in [1.165, 1.54) is 28.2 Å². The predicted octanol–water partition coefficient (Wildman–Crippen LogP) is 4.19. The van der Waals surface area contributed by atoms with Crippen molar-refractivity contribution in [3.63, 3.8) is 0 Å². The van der Waals surface area contributed by atoms with Crippen LogP contribution in [0.25, 0.3) is 11.3 Å². The standard InChI is InChI=1S/C41H46N8O5/c1-4-37(51)44-34-19-27(10-12-36(34)48-18-17-47(20-25(48)2)28-23-54-24-28)43-38-41(53)46(3)21-35(45-38)31-13-15-42-39(33(31)22-50)49-16-14-30-29-8-6-5-7-26(29)9-11-32(30)40(49)52/h4,9-13,15,19,21,25,28,50H,1,5-8,14,16-18,20,22-24H2,2-3H3,(H,43,45)(H,44,51). The summed E-state index contributed by atoms with van der Waals surface area (Å²) < 4.78 is 6.85. The molecule has 2 fully saturated rings. The zero-order chi connectivity index (χ0) is 37.5. The molecule has 5 heterocycles. The molecule has 280 valence electrons. The van der Waals surface area contributed by atoms with Crippen LogP contribution >= 0.6 is 0 Å². The number of hydrogen-bond acceptors (Lipinski definition) is 10. The third kappa shape index (κ3) is 6.56. The number of aliphatic hydroxyl groups is 1. The number of hydrogen-bond donors (Lipinski definition) is 3. The van der Waals surface area contributed by atoms with Gasteiger partial charge < -0.3 is 29.9 Å². The van der Waals surface area contributed by atoms with Crippen molar-refractivity contribution < 1.29 is 19.4 Å². The molecular weight excluding hydrogens is 685 g/mol. The van der Waals surface area contributed by atoms with Crippen LogP contribution in [0.2, 0.25) is 0 Å². The minimum atomic E-state index is -0.387. The SMILES string of the molecule is C=CC(=O)Nc1cc(Nc2nc(-c3ccnc(N4CCc5c(ccc6c5CCCC6)C4=O)c3CO)cn(C)c2=O)ccc1N1CCN(C2COC2)CC1C. The molecule has 8 rings (SSSR count). The number of carbonyl (C=O) groups excluding carboxylic acids is 2. The quantitative estimate of drug-likeness (QED) is 0.215. The Morgan fingerprint density at radius 1 is 1.04 bits per heavy atom. The van der Waals surface area contributed by atoms with Gasteiger partial charge in [0, 0.05) is 74.0 Å². The van der Waals surface area contributed by atoms with Gasteiger partial charge in [-0.3, -0.25) is 24.2 Å². The van der Waals surface area contributed by atoms with Gasteiger partial charge in [-0.25, -0.2) is 9.97 Å². The molecule has 54 heavy (non-hydrogen) atoms. The second kappa shape index (κ2) is 14.8. The second-order valence-electron chi connectivity index (χ2n) is 14.6. The van der Waals surface area contributed by atoms with E-state index < -0.39 is 0 Å². The number of nitrogens with one attached hydrogen (secondary N) is 2. The number of aromatic nitrogens is 3. The number of pyridine rings is 1. The molecule has 3 N–H and O–H groups in total. The van der Waals surface area contributed by atoms with Crippen LogP contribution in [0, 0.1) is 0 Å². The normalized spacial score (nSPS) is 18.8. The van der Waals surface area contributed by atoms with Crippen LogP contribution in [0.1, 0.15) is 52.4 Å². The number of nitrogens with zero attached hydrogens (tertiary/aromatic N) is 6. The van der Waals surface area contributed by atoms with E-state index in [1.807, 2.05) is 18.2 Å². The van der Waals surface area contributed by atoms with E-state index in [9.17, 15) is 19.5 Å². The fourth-order valence-corrected chi connectivity index (χ4v) is 8.38. The molecule has 2 saturated heterocycles. The fourth-order valence-electron chi connectivity index (χ4n) is 8.38. The van der Waals surface area contributed by atoms with E-state index in [2.05, 4.69) is 45.0 Å². The van der Waals surface area contributed by atoms with Crippen molar-refractivity contribution in [2.75, 3.05) is 59.8 Å². The highest BCUT2D eigenvalue weighted by atomic mass is 16.5. The summed E-state index contributed by atoms with van der Waals surface area (Å²) in [5.41, 5.74) is 7.57. The van der Waals surface area contributed by atoms with E-state index >= 15 is 0 Å². The van der Waals surface area contributed by atoms with Gasteiger partial charge in [0.15, 0.2) is 5.82 Å². The summed E-state index contributed by atoms with van der Waals surface area (Å²) in [6, 6.07) is 12.0. The molecule has 0 spiro atoms. The van der Waals surface area contributed by atoms with E-state index in [0.717, 1.165) is 63.4 Å². The molecule has 4 aromatic rings. The molecule has 2 aromatic heterocycles. The van der Waals surface area contributed by atoms with Crippen LogP contribution in [0.15, 0.2) is 66.2 Å². The first kappa shape index (κ1) is 35.6. The molecule has 3 aliphatic heterocycles. The molecule has 1 atom stereocenters. The van der Waals surface area contributed by atoms with Crippen LogP contribution in [-0.4, -0.2) is 87.8 Å². The highest BCUT2D eigenvalue weighted by Crippen LogP contribution is 2.36. The molecular formula is C41H46N8O5. The summed E-state index contributed by atoms with van der Waals surface area (Å²) in [5.74, 6) is -0.0413. The Labute approximate surface area is 314 Å². The van der Waals surface area contributed by atoms with Crippen LogP contribution < -0.4 is 26.0 Å². The van der Waals surface area contributed by atoms with Crippen LogP contribution in [0.3, 0.4) is 0 Å². The molecule has 13 heteroatoms. The van der Waals surface area contributed by atoms with Crippen molar-refractivity contribution in [2.24, 2.45) is 7.05 Å². The van der Waals surface area contributed by atoms with Gasteiger partial charge in [-0.15, -0.1) is 0 Å². The van der Waals surface area contributed by atoms with Gasteiger partial charge in [-0.2, -0.15) is 0 Å². The maximum absolute atomic E-state index is 14.0. The zero-order valence-corrected chi connectivity index (χ0v) is 30.8. The zero-order valence-electron chi connectivity index (χ0n) is 30.8. The highest BCUT2D eigenvalue weighted by molar-refractivity contribution is 6.08. The van der Waals surface area contributed by atoms with Crippen LogP contribution in [0.5, 0.6) is 0 Å². The van der Waals surface area contributed by atoms with Crippen molar-refractivity contribution in [1.82, 2.24) is 19.4 Å². The fraction of sp³-hybridized carbons (Fsp3) is 0.390. The Morgan fingerprint density at radius 3 is 2.63 bits per heavy atom. The minimum absolute atomic E-state index is 0.0587. The molecule has 0 bridgehead atoms. The number of benzene rings is 2. The molecule has 1 unspecified atom stereocenters. The van der Waals surface area contributed by atoms with Crippen molar-refractivity contribution >= 4 is 40.5 Å². The molecule has 0 radical (unpaired) electrons. The van der Waals surface area contributed by atoms with Gasteiger partial charge in [0.25, 0.3) is 11.5 Å². The Bertz CT molecular complexity index is 2200. The number of rotatable bonds is 9. The Balaban J connectivity index is 1.09. The lowest BCUT2D eigenvalue weighted by Crippen LogP contribution is -2.59. The predicted molar refractivity (Wildman–Crippen MR) is 209 cm³/mol. The average Bonchev–Trinajstić information content (AvgIpc) is 3.16. The summed E-state index contributed by atoms with van der Waals surface area (Å²) in [4.78, 5) is 55.8. The third-order valence-electron chi connectivity index (χ3n) is 11.3. The summed E-state index contributed by atoms with van der Waals surface area (Å²) >= 11 is 0. The molecule has 2 amide bonds. The van der Waals surface area contributed by atoms with E-state index in [4.69, 9.17) is 9.72 Å². The van der Waals surface area contributed by atoms with E-state index in [0.29, 0.717) is 58.6 Å². The molecule has 4 aliphatic rings. The van der Waals surface area contributed by atoms with Crippen molar-refractivity contribution in [3.8, 4) is 11.3 Å². The topological polar surface area (TPSA) is 145 Å². The van der Waals surface area contributed by atoms with Crippen molar-refractivity contribution in [3.05, 3.63) is 99.6 Å². The van der Waals surface area contributed by atoms with Gasteiger partial charge in [-0.05, 0) is 92.1 Å². The van der Waals surface area contributed by atoms with Gasteiger partial charge in [0.2, 0.25) is 5.91 Å². The first-order chi connectivity index (χ1) is 26.2. The average molecular weight is 731 g/mol.